The van der Waals surface area contributed by atoms with E-state index in [1.165, 1.54) is 0 Å². The van der Waals surface area contributed by atoms with Gasteiger partial charge >= 0.3 is 0 Å². The van der Waals surface area contributed by atoms with Crippen molar-refractivity contribution < 1.29 is 4.79 Å². The summed E-state index contributed by atoms with van der Waals surface area (Å²) in [6, 6.07) is -0.450. The van der Waals surface area contributed by atoms with E-state index in [-0.39, 0.29) is 5.91 Å². The average molecular weight is 187 g/mol. The van der Waals surface area contributed by atoms with Crippen LogP contribution in [0.3, 0.4) is 0 Å². The Balaban J connectivity index is 3.61. The number of rotatable bonds is 6. The first-order chi connectivity index (χ1) is 6.11. The zero-order valence-electron chi connectivity index (χ0n) is 8.55. The number of hydrogen-bond donors (Lipinski definition) is 3. The average Bonchev–Trinajstić information content (AvgIpc) is 2.13. The van der Waals surface area contributed by atoms with Crippen LogP contribution in [-0.4, -0.2) is 25.0 Å². The minimum absolute atomic E-state index is 0.0919. The third-order valence-corrected chi connectivity index (χ3v) is 2.14. The van der Waals surface area contributed by atoms with Crippen LogP contribution < -0.4 is 16.8 Å². The molecular formula is C9H21N3O. The van der Waals surface area contributed by atoms with Crippen LogP contribution in [0.5, 0.6) is 0 Å². The maximum Gasteiger partial charge on any atom is 0.236 e. The topological polar surface area (TPSA) is 81.1 Å². The lowest BCUT2D eigenvalue weighted by Crippen LogP contribution is -2.43. The molecule has 0 aromatic rings. The SMILES string of the molecule is CCC(C)CNC(=O)C(N)CCN. The first-order valence-electron chi connectivity index (χ1n) is 4.85. The molecule has 4 nitrogen and oxygen atoms in total. The second-order valence-electron chi connectivity index (χ2n) is 3.44. The van der Waals surface area contributed by atoms with Crippen molar-refractivity contribution >= 4 is 5.91 Å². The van der Waals surface area contributed by atoms with Crippen LogP contribution in [0, 0.1) is 5.92 Å². The van der Waals surface area contributed by atoms with Crippen molar-refractivity contribution in [1.29, 1.82) is 0 Å². The summed E-state index contributed by atoms with van der Waals surface area (Å²) in [6.07, 6.45) is 1.61. The molecule has 0 aliphatic carbocycles. The molecule has 0 aromatic heterocycles. The van der Waals surface area contributed by atoms with Gasteiger partial charge in [0.1, 0.15) is 0 Å². The Morgan fingerprint density at radius 3 is 2.62 bits per heavy atom. The lowest BCUT2D eigenvalue weighted by Gasteiger charge is -2.13. The molecule has 78 valence electrons. The van der Waals surface area contributed by atoms with Crippen molar-refractivity contribution in [3.8, 4) is 0 Å². The molecule has 1 amide bonds. The summed E-state index contributed by atoms with van der Waals surface area (Å²) in [5, 5.41) is 2.80. The van der Waals surface area contributed by atoms with Gasteiger partial charge in [0, 0.05) is 6.54 Å². The van der Waals surface area contributed by atoms with Gasteiger partial charge in [-0.1, -0.05) is 20.3 Å². The highest BCUT2D eigenvalue weighted by Crippen LogP contribution is 1.97. The van der Waals surface area contributed by atoms with E-state index in [2.05, 4.69) is 19.2 Å². The number of nitrogens with two attached hydrogens (primary N) is 2. The zero-order chi connectivity index (χ0) is 10.3. The molecule has 0 spiro atoms. The monoisotopic (exact) mass is 187 g/mol. The van der Waals surface area contributed by atoms with Crippen molar-refractivity contribution in [3.63, 3.8) is 0 Å². The summed E-state index contributed by atoms with van der Waals surface area (Å²) in [6.45, 7) is 5.34. The zero-order valence-corrected chi connectivity index (χ0v) is 8.55. The molecular weight excluding hydrogens is 166 g/mol. The molecule has 0 radical (unpaired) electrons. The predicted molar refractivity (Wildman–Crippen MR) is 54.1 cm³/mol. The van der Waals surface area contributed by atoms with Crippen LogP contribution in [-0.2, 0) is 4.79 Å². The normalized spacial score (nSPS) is 15.1. The van der Waals surface area contributed by atoms with Gasteiger partial charge in [-0.25, -0.2) is 0 Å². The molecule has 0 heterocycles. The molecule has 2 atom stereocenters. The number of carbonyl (C=O) groups excluding carboxylic acids is 1. The van der Waals surface area contributed by atoms with Gasteiger partial charge in [-0.15, -0.1) is 0 Å². The molecule has 0 aliphatic rings. The molecule has 0 saturated carbocycles. The van der Waals surface area contributed by atoms with E-state index < -0.39 is 6.04 Å². The molecule has 4 heteroatoms. The van der Waals surface area contributed by atoms with Crippen molar-refractivity contribution in [3.05, 3.63) is 0 Å². The summed E-state index contributed by atoms with van der Waals surface area (Å²) >= 11 is 0. The Bertz CT molecular complexity index is 150. The van der Waals surface area contributed by atoms with Gasteiger partial charge in [0.2, 0.25) is 5.91 Å². The van der Waals surface area contributed by atoms with Crippen LogP contribution in [0.4, 0.5) is 0 Å². The molecule has 0 aliphatic heterocycles. The van der Waals surface area contributed by atoms with E-state index in [0.29, 0.717) is 25.4 Å². The molecule has 0 rings (SSSR count). The van der Waals surface area contributed by atoms with Crippen molar-refractivity contribution in [2.24, 2.45) is 17.4 Å². The molecule has 0 fully saturated rings. The fourth-order valence-corrected chi connectivity index (χ4v) is 0.861. The Kier molecular flexibility index (Phi) is 6.54. The van der Waals surface area contributed by atoms with Crippen LogP contribution in [0.2, 0.25) is 0 Å². The molecule has 0 aromatic carbocycles. The van der Waals surface area contributed by atoms with Crippen LogP contribution in [0.15, 0.2) is 0 Å². The number of nitrogens with one attached hydrogen (secondary N) is 1. The number of amides is 1. The highest BCUT2D eigenvalue weighted by molar-refractivity contribution is 5.81. The van der Waals surface area contributed by atoms with Gasteiger partial charge < -0.3 is 16.8 Å². The van der Waals surface area contributed by atoms with Crippen LogP contribution >= 0.6 is 0 Å². The fourth-order valence-electron chi connectivity index (χ4n) is 0.861. The maximum absolute atomic E-state index is 11.3. The second kappa shape index (κ2) is 6.86. The van der Waals surface area contributed by atoms with E-state index in [9.17, 15) is 4.79 Å². The highest BCUT2D eigenvalue weighted by atomic mass is 16.2. The van der Waals surface area contributed by atoms with E-state index in [4.69, 9.17) is 11.5 Å². The Hall–Kier alpha value is -0.610. The fraction of sp³-hybridized carbons (Fsp3) is 0.889. The van der Waals surface area contributed by atoms with Gasteiger partial charge in [0.25, 0.3) is 0 Å². The van der Waals surface area contributed by atoms with Gasteiger partial charge in [-0.3, -0.25) is 4.79 Å². The summed E-state index contributed by atoms with van der Waals surface area (Å²) < 4.78 is 0. The van der Waals surface area contributed by atoms with Crippen LogP contribution in [0.25, 0.3) is 0 Å². The van der Waals surface area contributed by atoms with Crippen molar-refractivity contribution in [2.45, 2.75) is 32.7 Å². The van der Waals surface area contributed by atoms with Gasteiger partial charge in [0.05, 0.1) is 6.04 Å². The van der Waals surface area contributed by atoms with E-state index in [1.54, 1.807) is 0 Å². The standard InChI is InChI=1S/C9H21N3O/c1-3-7(2)6-12-9(13)8(11)4-5-10/h7-8H,3-6,10-11H2,1-2H3,(H,12,13). The second-order valence-corrected chi connectivity index (χ2v) is 3.44. The quantitative estimate of drug-likeness (QED) is 0.540. The first kappa shape index (κ1) is 12.4. The van der Waals surface area contributed by atoms with Gasteiger partial charge in [-0.05, 0) is 18.9 Å². The Labute approximate surface area is 80.0 Å². The smallest absolute Gasteiger partial charge is 0.236 e. The van der Waals surface area contributed by atoms with Crippen molar-refractivity contribution in [2.75, 3.05) is 13.1 Å². The number of hydrogen-bond acceptors (Lipinski definition) is 3. The summed E-state index contributed by atoms with van der Waals surface area (Å²) in [7, 11) is 0. The summed E-state index contributed by atoms with van der Waals surface area (Å²) in [5.74, 6) is 0.416. The number of carbonyl (C=O) groups is 1. The highest BCUT2D eigenvalue weighted by Gasteiger charge is 2.12. The maximum atomic E-state index is 11.3. The Morgan fingerprint density at radius 2 is 2.15 bits per heavy atom. The molecule has 2 unspecified atom stereocenters. The van der Waals surface area contributed by atoms with Gasteiger partial charge in [0.15, 0.2) is 0 Å². The van der Waals surface area contributed by atoms with Crippen molar-refractivity contribution in [1.82, 2.24) is 5.32 Å². The first-order valence-corrected chi connectivity index (χ1v) is 4.85. The van der Waals surface area contributed by atoms with E-state index in [1.807, 2.05) is 0 Å². The van der Waals surface area contributed by atoms with Crippen LogP contribution in [0.1, 0.15) is 26.7 Å². The lowest BCUT2D eigenvalue weighted by atomic mass is 10.1. The largest absolute Gasteiger partial charge is 0.354 e. The minimum atomic E-state index is -0.450. The third-order valence-electron chi connectivity index (χ3n) is 2.14. The Morgan fingerprint density at radius 1 is 1.54 bits per heavy atom. The molecule has 0 saturated heterocycles. The summed E-state index contributed by atoms with van der Waals surface area (Å²) in [5.41, 5.74) is 10.9. The lowest BCUT2D eigenvalue weighted by molar-refractivity contribution is -0.122. The molecule has 5 N–H and O–H groups in total. The van der Waals surface area contributed by atoms with E-state index in [0.717, 1.165) is 6.42 Å². The third kappa shape index (κ3) is 5.60. The molecule has 13 heavy (non-hydrogen) atoms. The predicted octanol–water partition coefficient (Wildman–Crippen LogP) is -0.175. The summed E-state index contributed by atoms with van der Waals surface area (Å²) in [4.78, 5) is 11.3. The van der Waals surface area contributed by atoms with E-state index >= 15 is 0 Å². The minimum Gasteiger partial charge on any atom is -0.354 e. The van der Waals surface area contributed by atoms with Gasteiger partial charge in [-0.2, -0.15) is 0 Å². The molecule has 0 bridgehead atoms.